The number of hydrogen-bond donors (Lipinski definition) is 1. The van der Waals surface area contributed by atoms with Gasteiger partial charge in [-0.25, -0.2) is 0 Å². The lowest BCUT2D eigenvalue weighted by Crippen LogP contribution is -2.22. The van der Waals surface area contributed by atoms with Gasteiger partial charge in [0.2, 0.25) is 0 Å². The molecule has 0 aliphatic heterocycles. The number of benzene rings is 1. The average Bonchev–Trinajstić information content (AvgIpc) is 2.36. The normalized spacial score (nSPS) is 10.7. The minimum absolute atomic E-state index is 0.131. The molecule has 4 heteroatoms. The van der Waals surface area contributed by atoms with Crippen LogP contribution in [0.4, 0.5) is 5.69 Å². The summed E-state index contributed by atoms with van der Waals surface area (Å²) in [5, 5.41) is 9.87. The Bertz CT molecular complexity index is 623. The Morgan fingerprint density at radius 2 is 2.05 bits per heavy atom. The first-order valence-corrected chi connectivity index (χ1v) is 6.28. The first-order valence-electron chi connectivity index (χ1n) is 6.28. The maximum atomic E-state index is 10.7. The smallest absolute Gasteiger partial charge is 0.305 e. The van der Waals surface area contributed by atoms with Crippen molar-refractivity contribution >= 4 is 22.6 Å². The number of fused-ring (bicyclic) bond motifs is 1. The lowest BCUT2D eigenvalue weighted by atomic mass is 10.1. The number of aliphatic carboxylic acids is 1. The molecular weight excluding hydrogens is 240 g/mol. The van der Waals surface area contributed by atoms with Crippen molar-refractivity contribution in [3.05, 3.63) is 35.5 Å². The summed E-state index contributed by atoms with van der Waals surface area (Å²) < 4.78 is 0. The van der Waals surface area contributed by atoms with Crippen LogP contribution < -0.4 is 4.90 Å². The Morgan fingerprint density at radius 3 is 2.74 bits per heavy atom. The number of pyridine rings is 1. The largest absolute Gasteiger partial charge is 0.481 e. The molecule has 0 atom stereocenters. The van der Waals surface area contributed by atoms with E-state index in [-0.39, 0.29) is 6.42 Å². The second kappa shape index (κ2) is 5.26. The quantitative estimate of drug-likeness (QED) is 0.916. The molecule has 1 aromatic carbocycles. The molecule has 0 unspecified atom stereocenters. The van der Waals surface area contributed by atoms with E-state index in [1.165, 1.54) is 0 Å². The number of carbonyl (C=O) groups is 1. The van der Waals surface area contributed by atoms with Crippen LogP contribution in [0.2, 0.25) is 0 Å². The lowest BCUT2D eigenvalue weighted by Gasteiger charge is -2.22. The Kier molecular flexibility index (Phi) is 3.69. The molecule has 1 heterocycles. The van der Waals surface area contributed by atoms with Crippen molar-refractivity contribution in [1.82, 2.24) is 4.98 Å². The van der Waals surface area contributed by atoms with Crippen LogP contribution in [0, 0.1) is 13.8 Å². The van der Waals surface area contributed by atoms with Gasteiger partial charge in [0.1, 0.15) is 0 Å². The highest BCUT2D eigenvalue weighted by atomic mass is 16.4. The van der Waals surface area contributed by atoms with Crippen LogP contribution in [0.15, 0.2) is 24.4 Å². The number of hydrogen-bond acceptors (Lipinski definition) is 3. The lowest BCUT2D eigenvalue weighted by molar-refractivity contribution is -0.136. The maximum Gasteiger partial charge on any atom is 0.305 e. The molecule has 0 aliphatic rings. The molecule has 0 saturated carbocycles. The van der Waals surface area contributed by atoms with Crippen molar-refractivity contribution in [2.45, 2.75) is 20.3 Å². The maximum absolute atomic E-state index is 10.7. The minimum atomic E-state index is -0.779. The molecule has 2 rings (SSSR count). The molecule has 1 N–H and O–H groups in total. The van der Waals surface area contributed by atoms with Crippen LogP contribution in [0.5, 0.6) is 0 Å². The molecule has 0 aliphatic carbocycles. The minimum Gasteiger partial charge on any atom is -0.481 e. The molecule has 0 bridgehead atoms. The molecule has 0 fully saturated rings. The third kappa shape index (κ3) is 2.67. The predicted octanol–water partition coefficient (Wildman–Crippen LogP) is 2.76. The predicted molar refractivity (Wildman–Crippen MR) is 76.7 cm³/mol. The van der Waals surface area contributed by atoms with Gasteiger partial charge < -0.3 is 10.0 Å². The Balaban J connectivity index is 2.49. The Labute approximate surface area is 112 Å². The van der Waals surface area contributed by atoms with Gasteiger partial charge in [-0.2, -0.15) is 0 Å². The van der Waals surface area contributed by atoms with E-state index in [0.717, 1.165) is 27.7 Å². The molecular formula is C15H18N2O2. The van der Waals surface area contributed by atoms with Gasteiger partial charge in [-0.3, -0.25) is 9.78 Å². The van der Waals surface area contributed by atoms with Gasteiger partial charge in [-0.05, 0) is 25.0 Å². The SMILES string of the molecule is Cc1cnc2c(C)cccc2c1N(C)CCC(=O)O. The van der Waals surface area contributed by atoms with Crippen LogP contribution in [0.25, 0.3) is 10.9 Å². The van der Waals surface area contributed by atoms with Crippen LogP contribution in [0.3, 0.4) is 0 Å². The van der Waals surface area contributed by atoms with Gasteiger partial charge in [-0.15, -0.1) is 0 Å². The van der Waals surface area contributed by atoms with E-state index < -0.39 is 5.97 Å². The third-order valence-electron chi connectivity index (χ3n) is 3.30. The van der Waals surface area contributed by atoms with E-state index >= 15 is 0 Å². The molecule has 100 valence electrons. The molecule has 2 aromatic rings. The summed E-state index contributed by atoms with van der Waals surface area (Å²) in [5.41, 5.74) is 4.23. The number of nitrogens with zero attached hydrogens (tertiary/aromatic N) is 2. The molecule has 0 radical (unpaired) electrons. The number of anilines is 1. The van der Waals surface area contributed by atoms with E-state index in [4.69, 9.17) is 5.11 Å². The second-order valence-corrected chi connectivity index (χ2v) is 4.83. The highest BCUT2D eigenvalue weighted by Crippen LogP contribution is 2.29. The van der Waals surface area contributed by atoms with Crippen molar-refractivity contribution in [2.24, 2.45) is 0 Å². The van der Waals surface area contributed by atoms with Gasteiger partial charge in [0.05, 0.1) is 17.6 Å². The summed E-state index contributed by atoms with van der Waals surface area (Å²) in [6.07, 6.45) is 1.98. The highest BCUT2D eigenvalue weighted by molar-refractivity contribution is 5.94. The van der Waals surface area contributed by atoms with Crippen molar-refractivity contribution in [3.63, 3.8) is 0 Å². The summed E-state index contributed by atoms with van der Waals surface area (Å²) in [6.45, 7) is 4.52. The standard InChI is InChI=1S/C15H18N2O2/c1-10-5-4-6-12-14(10)16-9-11(2)15(12)17(3)8-7-13(18)19/h4-6,9H,7-8H2,1-3H3,(H,18,19). The second-order valence-electron chi connectivity index (χ2n) is 4.83. The molecule has 0 amide bonds. The van der Waals surface area contributed by atoms with Crippen LogP contribution in [-0.2, 0) is 4.79 Å². The molecule has 0 spiro atoms. The Morgan fingerprint density at radius 1 is 1.32 bits per heavy atom. The molecule has 1 aromatic heterocycles. The third-order valence-corrected chi connectivity index (χ3v) is 3.30. The summed E-state index contributed by atoms with van der Waals surface area (Å²) in [5.74, 6) is -0.779. The van der Waals surface area contributed by atoms with E-state index in [1.54, 1.807) is 0 Å². The fraction of sp³-hybridized carbons (Fsp3) is 0.333. The number of aryl methyl sites for hydroxylation is 2. The fourth-order valence-electron chi connectivity index (χ4n) is 2.34. The van der Waals surface area contributed by atoms with Crippen LogP contribution >= 0.6 is 0 Å². The number of aromatic nitrogens is 1. The summed E-state index contributed by atoms with van der Waals surface area (Å²) in [6, 6.07) is 6.08. The van der Waals surface area contributed by atoms with Gasteiger partial charge in [-0.1, -0.05) is 18.2 Å². The number of carboxylic acid groups (broad SMARTS) is 1. The van der Waals surface area contributed by atoms with Crippen molar-refractivity contribution in [2.75, 3.05) is 18.5 Å². The van der Waals surface area contributed by atoms with Gasteiger partial charge in [0, 0.05) is 25.2 Å². The zero-order chi connectivity index (χ0) is 14.0. The fourth-order valence-corrected chi connectivity index (χ4v) is 2.34. The number of carboxylic acids is 1. The highest BCUT2D eigenvalue weighted by Gasteiger charge is 2.12. The van der Waals surface area contributed by atoms with Gasteiger partial charge in [0.15, 0.2) is 0 Å². The summed E-state index contributed by atoms with van der Waals surface area (Å²) in [7, 11) is 1.92. The van der Waals surface area contributed by atoms with E-state index in [9.17, 15) is 4.79 Å². The molecule has 0 saturated heterocycles. The van der Waals surface area contributed by atoms with Crippen molar-refractivity contribution in [1.29, 1.82) is 0 Å². The molecule has 4 nitrogen and oxygen atoms in total. The van der Waals surface area contributed by atoms with Gasteiger partial charge in [0.25, 0.3) is 0 Å². The Hall–Kier alpha value is -2.10. The van der Waals surface area contributed by atoms with Crippen molar-refractivity contribution < 1.29 is 9.90 Å². The summed E-state index contributed by atoms with van der Waals surface area (Å²) in [4.78, 5) is 17.2. The van der Waals surface area contributed by atoms with Crippen LogP contribution in [0.1, 0.15) is 17.5 Å². The topological polar surface area (TPSA) is 53.4 Å². The van der Waals surface area contributed by atoms with Gasteiger partial charge >= 0.3 is 5.97 Å². The monoisotopic (exact) mass is 258 g/mol. The summed E-state index contributed by atoms with van der Waals surface area (Å²) >= 11 is 0. The number of rotatable bonds is 4. The van der Waals surface area contributed by atoms with E-state index in [0.29, 0.717) is 6.54 Å². The average molecular weight is 258 g/mol. The first-order chi connectivity index (χ1) is 9.00. The zero-order valence-corrected chi connectivity index (χ0v) is 11.5. The first kappa shape index (κ1) is 13.3. The van der Waals surface area contributed by atoms with Crippen LogP contribution in [-0.4, -0.2) is 29.7 Å². The van der Waals surface area contributed by atoms with E-state index in [2.05, 4.69) is 4.98 Å². The zero-order valence-electron chi connectivity index (χ0n) is 11.5. The van der Waals surface area contributed by atoms with E-state index in [1.807, 2.05) is 50.2 Å². The number of para-hydroxylation sites is 1. The molecule has 19 heavy (non-hydrogen) atoms. The van der Waals surface area contributed by atoms with Crippen molar-refractivity contribution in [3.8, 4) is 0 Å².